The van der Waals surface area contributed by atoms with Crippen LogP contribution in [0.2, 0.25) is 0 Å². The second-order valence-corrected chi connectivity index (χ2v) is 16.1. The molecule has 6 amide bonds. The maximum absolute atomic E-state index is 14.6. The van der Waals surface area contributed by atoms with Crippen LogP contribution in [0.4, 0.5) is 0 Å². The molecule has 12 N–H and O–H groups in total. The van der Waals surface area contributed by atoms with E-state index < -0.39 is 59.7 Å². The highest BCUT2D eigenvalue weighted by atomic mass is 32.1. The number of nitrogens with two attached hydrogens (primary N) is 3. The molecule has 5 atom stereocenters. The Kier molecular flexibility index (Phi) is 17.4. The van der Waals surface area contributed by atoms with Gasteiger partial charge in [0, 0.05) is 54.5 Å². The van der Waals surface area contributed by atoms with Crippen LogP contribution >= 0.6 is 11.3 Å². The van der Waals surface area contributed by atoms with Crippen LogP contribution in [0.1, 0.15) is 62.1 Å². The first-order valence-electron chi connectivity index (χ1n) is 20.7. The van der Waals surface area contributed by atoms with Crippen molar-refractivity contribution >= 4 is 67.8 Å². The van der Waals surface area contributed by atoms with Crippen LogP contribution in [-0.2, 0) is 48.0 Å². The van der Waals surface area contributed by atoms with Gasteiger partial charge in [-0.3, -0.25) is 28.8 Å². The second kappa shape index (κ2) is 23.0. The van der Waals surface area contributed by atoms with Crippen molar-refractivity contribution in [1.29, 1.82) is 0 Å². The molecule has 5 rings (SSSR count). The number of amides is 6. The summed E-state index contributed by atoms with van der Waals surface area (Å²) in [4.78, 5) is 83.6. The highest BCUT2D eigenvalue weighted by molar-refractivity contribution is 7.17. The molecule has 3 aromatic carbocycles. The number of rotatable bonds is 24. The highest BCUT2D eigenvalue weighted by Gasteiger charge is 2.33. The van der Waals surface area contributed by atoms with Crippen molar-refractivity contribution < 1.29 is 28.8 Å². The molecule has 0 aliphatic carbocycles. The number of benzene rings is 3. The summed E-state index contributed by atoms with van der Waals surface area (Å²) in [6.45, 7) is 2.30. The van der Waals surface area contributed by atoms with Crippen LogP contribution in [0, 0.1) is 0 Å². The van der Waals surface area contributed by atoms with E-state index in [1.807, 2.05) is 84.2 Å². The fourth-order valence-electron chi connectivity index (χ4n) is 7.17. The number of carbonyl (C=O) groups is 6. The number of aromatic nitrogens is 1. The van der Waals surface area contributed by atoms with Gasteiger partial charge < -0.3 is 48.8 Å². The summed E-state index contributed by atoms with van der Waals surface area (Å²) in [5, 5.41) is 17.8. The predicted octanol–water partition coefficient (Wildman–Crippen LogP) is 2.60. The number of thiophene rings is 1. The zero-order chi connectivity index (χ0) is 43.7. The molecule has 0 fully saturated rings. The van der Waals surface area contributed by atoms with Gasteiger partial charge in [0.2, 0.25) is 35.4 Å². The zero-order valence-corrected chi connectivity index (χ0v) is 35.2. The molecule has 0 aliphatic rings. The molecule has 0 saturated heterocycles. The molecule has 5 aromatic rings. The van der Waals surface area contributed by atoms with Gasteiger partial charge in [-0.2, -0.15) is 0 Å². The van der Waals surface area contributed by atoms with Gasteiger partial charge in [-0.05, 0) is 84.7 Å². The summed E-state index contributed by atoms with van der Waals surface area (Å²) < 4.78 is 1.01. The molecule has 16 heteroatoms. The Balaban J connectivity index is 1.43. The van der Waals surface area contributed by atoms with Crippen molar-refractivity contribution in [3.05, 3.63) is 107 Å². The third kappa shape index (κ3) is 13.7. The number of carbonyl (C=O) groups excluding carboxylic acids is 6. The van der Waals surface area contributed by atoms with E-state index in [9.17, 15) is 28.8 Å². The van der Waals surface area contributed by atoms with Gasteiger partial charge in [-0.1, -0.05) is 66.7 Å². The van der Waals surface area contributed by atoms with E-state index in [0.29, 0.717) is 45.2 Å². The van der Waals surface area contributed by atoms with Crippen LogP contribution < -0.4 is 43.8 Å². The second-order valence-electron chi connectivity index (χ2n) is 15.2. The minimum atomic E-state index is -1.23. The molecule has 0 aliphatic heterocycles. The van der Waals surface area contributed by atoms with Crippen molar-refractivity contribution in [2.24, 2.45) is 17.2 Å². The average molecular weight is 852 g/mol. The van der Waals surface area contributed by atoms with Crippen LogP contribution in [0.5, 0.6) is 0 Å². The monoisotopic (exact) mass is 851 g/mol. The lowest BCUT2D eigenvalue weighted by Crippen LogP contribution is -2.59. The highest BCUT2D eigenvalue weighted by Crippen LogP contribution is 2.27. The first-order chi connectivity index (χ1) is 29.4. The number of unbranched alkanes of at least 4 members (excludes halogenated alkanes) is 2. The standard InChI is InChI=1S/C45H57N9O6S/c1-28(55)49-22-12-10-17-34(47)42(57)52-39(25-31-27-61-40-20-8-6-16-33(31)40)45(60)54-38(24-30-26-50-35-18-7-5-15-32(30)35)44(59)53-37(23-29-13-3-2-4-14-29)43(58)51-36(41(48)56)19-9-11-21-46/h2-8,13-16,18,20,26-27,34,36-39,50H,9-12,17,19,21-25,46-47H2,1H3,(H2,48,56)(H,49,55)(H,51,58)(H,52,57)(H,53,59)(H,54,60)/t34-,36-,37+,38-,39-/m1/s1. The maximum Gasteiger partial charge on any atom is 0.243 e. The molecule has 61 heavy (non-hydrogen) atoms. The molecular formula is C45H57N9O6S. The lowest BCUT2D eigenvalue weighted by Gasteiger charge is -2.27. The molecule has 0 bridgehead atoms. The summed E-state index contributed by atoms with van der Waals surface area (Å²) in [6.07, 6.45) is 4.96. The molecule has 0 spiro atoms. The first kappa shape index (κ1) is 46.0. The largest absolute Gasteiger partial charge is 0.368 e. The summed E-state index contributed by atoms with van der Waals surface area (Å²) in [6, 6.07) is 19.0. The molecule has 2 heterocycles. The Morgan fingerprint density at radius 3 is 1.89 bits per heavy atom. The number of nitrogens with one attached hydrogen (secondary N) is 6. The molecule has 15 nitrogen and oxygen atoms in total. The van der Waals surface area contributed by atoms with E-state index in [-0.39, 0.29) is 31.6 Å². The number of hydrogen-bond donors (Lipinski definition) is 9. The van der Waals surface area contributed by atoms with Crippen molar-refractivity contribution in [2.75, 3.05) is 13.1 Å². The lowest BCUT2D eigenvalue weighted by molar-refractivity contribution is -0.134. The molecule has 2 aromatic heterocycles. The van der Waals surface area contributed by atoms with Crippen LogP contribution in [0.15, 0.2) is 90.4 Å². The third-order valence-electron chi connectivity index (χ3n) is 10.5. The summed E-state index contributed by atoms with van der Waals surface area (Å²) >= 11 is 1.52. The number of primary amides is 1. The van der Waals surface area contributed by atoms with Crippen LogP contribution in [0.25, 0.3) is 21.0 Å². The van der Waals surface area contributed by atoms with Crippen LogP contribution in [0.3, 0.4) is 0 Å². The maximum atomic E-state index is 14.6. The number of para-hydroxylation sites is 1. The number of hydrogen-bond acceptors (Lipinski definition) is 9. The molecule has 0 saturated carbocycles. The fraction of sp³-hybridized carbons (Fsp3) is 0.378. The van der Waals surface area contributed by atoms with E-state index in [1.54, 1.807) is 6.20 Å². The number of fused-ring (bicyclic) bond motifs is 2. The normalized spacial score (nSPS) is 13.7. The SMILES string of the molecule is CC(=O)NCCCC[C@@H](N)C(=O)N[C@H](Cc1csc2ccccc12)C(=O)N[C@H](Cc1c[nH]c2ccccc12)C(=O)N[C@@H](Cc1ccccc1)C(=O)N[C@H](CCCCN)C(N)=O. The Bertz CT molecular complexity index is 2260. The van der Waals surface area contributed by atoms with Gasteiger partial charge in [0.25, 0.3) is 0 Å². The van der Waals surface area contributed by atoms with Gasteiger partial charge in [-0.15, -0.1) is 11.3 Å². The quantitative estimate of drug-likeness (QED) is 0.0416. The molecule has 324 valence electrons. The average Bonchev–Trinajstić information content (AvgIpc) is 3.86. The zero-order valence-electron chi connectivity index (χ0n) is 34.4. The van der Waals surface area contributed by atoms with Gasteiger partial charge in [0.05, 0.1) is 6.04 Å². The third-order valence-corrected chi connectivity index (χ3v) is 11.5. The van der Waals surface area contributed by atoms with Gasteiger partial charge >= 0.3 is 0 Å². The van der Waals surface area contributed by atoms with Crippen molar-refractivity contribution in [2.45, 2.75) is 94.9 Å². The van der Waals surface area contributed by atoms with Crippen molar-refractivity contribution in [3.8, 4) is 0 Å². The van der Waals surface area contributed by atoms with E-state index in [4.69, 9.17) is 17.2 Å². The molecule has 0 unspecified atom stereocenters. The van der Waals surface area contributed by atoms with E-state index in [0.717, 1.165) is 37.7 Å². The van der Waals surface area contributed by atoms with Gasteiger partial charge in [0.15, 0.2) is 0 Å². The molecular weight excluding hydrogens is 795 g/mol. The smallest absolute Gasteiger partial charge is 0.243 e. The predicted molar refractivity (Wildman–Crippen MR) is 238 cm³/mol. The van der Waals surface area contributed by atoms with E-state index in [1.165, 1.54) is 18.3 Å². The Hall–Kier alpha value is -6.10. The summed E-state index contributed by atoms with van der Waals surface area (Å²) in [5.41, 5.74) is 20.8. The minimum Gasteiger partial charge on any atom is -0.368 e. The summed E-state index contributed by atoms with van der Waals surface area (Å²) in [7, 11) is 0. The summed E-state index contributed by atoms with van der Waals surface area (Å²) in [5.74, 6) is -3.29. The Morgan fingerprint density at radius 1 is 0.639 bits per heavy atom. The van der Waals surface area contributed by atoms with Crippen LogP contribution in [-0.4, -0.2) is 83.7 Å². The van der Waals surface area contributed by atoms with Crippen molar-refractivity contribution in [3.63, 3.8) is 0 Å². The van der Waals surface area contributed by atoms with Gasteiger partial charge in [-0.25, -0.2) is 0 Å². The Labute approximate surface area is 359 Å². The van der Waals surface area contributed by atoms with Gasteiger partial charge in [0.1, 0.15) is 24.2 Å². The molecule has 0 radical (unpaired) electrons. The minimum absolute atomic E-state index is 0.0279. The number of H-pyrrole nitrogens is 1. The first-order valence-corrected chi connectivity index (χ1v) is 21.6. The lowest BCUT2D eigenvalue weighted by atomic mass is 10.00. The fourth-order valence-corrected chi connectivity index (χ4v) is 8.14. The topological polar surface area (TPSA) is 256 Å². The number of aromatic amines is 1. The van der Waals surface area contributed by atoms with Crippen molar-refractivity contribution in [1.82, 2.24) is 31.6 Å². The Morgan fingerprint density at radius 2 is 1.21 bits per heavy atom. The van der Waals surface area contributed by atoms with E-state index >= 15 is 0 Å². The van der Waals surface area contributed by atoms with E-state index in [2.05, 4.69) is 31.6 Å².